The quantitative estimate of drug-likeness (QED) is 0.0645. The van der Waals surface area contributed by atoms with Gasteiger partial charge in [0.05, 0.1) is 22.5 Å². The molecule has 0 aromatic heterocycles. The van der Waals surface area contributed by atoms with Gasteiger partial charge in [0.15, 0.2) is 11.4 Å². The van der Waals surface area contributed by atoms with Crippen molar-refractivity contribution in [2.24, 2.45) is 10.2 Å². The van der Waals surface area contributed by atoms with Crippen LogP contribution in [0.15, 0.2) is 105 Å². The molecule has 58 heavy (non-hydrogen) atoms. The summed E-state index contributed by atoms with van der Waals surface area (Å²) in [7, 11) is -10.2. The minimum atomic E-state index is -5.08. The maximum absolute atomic E-state index is 13.3. The second-order valence-corrected chi connectivity index (χ2v) is 14.8. The Balaban J connectivity index is 1.19. The van der Waals surface area contributed by atoms with Gasteiger partial charge in [0, 0.05) is 22.5 Å². The number of fused-ring (bicyclic) bond motifs is 2. The molecule has 0 unspecified atom stereocenters. The van der Waals surface area contributed by atoms with E-state index in [2.05, 4.69) is 31.7 Å². The number of rotatable bonds is 10. The van der Waals surface area contributed by atoms with Crippen LogP contribution in [0.3, 0.4) is 0 Å². The molecule has 6 rings (SSSR count). The van der Waals surface area contributed by atoms with E-state index in [1.165, 1.54) is 60.7 Å². The first-order chi connectivity index (χ1) is 27.3. The number of nitrogens with zero attached hydrogens (tertiary/aromatic N) is 2. The minimum Gasteiger partial charge on any atom is -0.478 e. The molecule has 0 atom stereocenters. The molecular weight excluding hydrogens is 805 g/mol. The molecule has 0 fully saturated rings. The summed E-state index contributed by atoms with van der Waals surface area (Å²) in [4.78, 5) is 73.1. The van der Waals surface area contributed by atoms with Crippen molar-refractivity contribution in [3.63, 3.8) is 0 Å². The van der Waals surface area contributed by atoms with Gasteiger partial charge in [-0.1, -0.05) is 12.1 Å². The number of Topliss-reactive ketones (excluding diaryl/α,β-unsaturated/α-hetero) is 2. The normalized spacial score (nSPS) is 15.1. The smallest absolute Gasteiger partial charge is 0.335 e. The number of aromatic carboxylic acids is 2. The Hall–Kier alpha value is -7.66. The fraction of sp³-hybridized carbons (Fsp3) is 0. The fourth-order valence-electron chi connectivity index (χ4n) is 5.50. The topological polar surface area (TPSA) is 324 Å². The first kappa shape index (κ1) is 40.0. The lowest BCUT2D eigenvalue weighted by atomic mass is 9.94. The van der Waals surface area contributed by atoms with Gasteiger partial charge in [0.1, 0.15) is 9.81 Å². The molecule has 4 aromatic rings. The van der Waals surface area contributed by atoms with E-state index in [4.69, 9.17) is 0 Å². The summed E-state index contributed by atoms with van der Waals surface area (Å²) in [5.41, 5.74) is 2.56. The van der Waals surface area contributed by atoms with Gasteiger partial charge in [0.2, 0.25) is 11.6 Å². The molecule has 20 nitrogen and oxygen atoms in total. The second-order valence-electron chi connectivity index (χ2n) is 12.1. The van der Waals surface area contributed by atoms with Crippen LogP contribution >= 0.6 is 0 Å². The molecule has 0 saturated heterocycles. The zero-order valence-corrected chi connectivity index (χ0v) is 30.5. The number of benzene rings is 4. The maximum atomic E-state index is 13.3. The molecule has 2 aliphatic rings. The third-order valence-electron chi connectivity index (χ3n) is 8.15. The van der Waals surface area contributed by atoms with Gasteiger partial charge in [-0.2, -0.15) is 27.0 Å². The van der Waals surface area contributed by atoms with E-state index in [1.807, 2.05) is 0 Å². The van der Waals surface area contributed by atoms with Crippen molar-refractivity contribution in [3.05, 3.63) is 128 Å². The monoisotopic (exact) mass is 828 g/mol. The third kappa shape index (κ3) is 8.58. The largest absolute Gasteiger partial charge is 0.478 e. The van der Waals surface area contributed by atoms with E-state index in [9.17, 15) is 64.9 Å². The average Bonchev–Trinajstić information content (AvgIpc) is 3.16. The molecule has 0 spiro atoms. The molecule has 0 radical (unpaired) electrons. The summed E-state index contributed by atoms with van der Waals surface area (Å²) in [6, 6.07) is 17.5. The predicted octanol–water partition coefficient (Wildman–Crippen LogP) is 3.45. The Morgan fingerprint density at radius 3 is 1.24 bits per heavy atom. The van der Waals surface area contributed by atoms with Gasteiger partial charge in [-0.15, -0.1) is 0 Å². The van der Waals surface area contributed by atoms with E-state index in [0.29, 0.717) is 0 Å². The summed E-state index contributed by atoms with van der Waals surface area (Å²) < 4.78 is 68.9. The number of carboxylic acid groups (broad SMARTS) is 2. The third-order valence-corrected chi connectivity index (χ3v) is 9.89. The number of carbonyl (C=O) groups is 6. The predicted molar refractivity (Wildman–Crippen MR) is 207 cm³/mol. The number of nitrogens with one attached hydrogen (secondary N) is 4. The number of carboxylic acids is 2. The van der Waals surface area contributed by atoms with Crippen LogP contribution in [0.4, 0.5) is 22.7 Å². The summed E-state index contributed by atoms with van der Waals surface area (Å²) >= 11 is 0. The Labute approximate surface area is 325 Å². The molecular formula is C36H24N6O14S2. The molecule has 0 heterocycles. The second kappa shape index (κ2) is 15.5. The highest BCUT2D eigenvalue weighted by atomic mass is 32.2. The number of hydrogen-bond acceptors (Lipinski definition) is 14. The highest BCUT2D eigenvalue weighted by molar-refractivity contribution is 7.91. The minimum absolute atomic E-state index is 0.0797. The maximum Gasteiger partial charge on any atom is 0.335 e. The first-order valence-electron chi connectivity index (χ1n) is 16.0. The lowest BCUT2D eigenvalue weighted by Gasteiger charge is -2.18. The van der Waals surface area contributed by atoms with Crippen molar-refractivity contribution >= 4 is 102 Å². The summed E-state index contributed by atoms with van der Waals surface area (Å²) in [5, 5.41) is 30.5. The van der Waals surface area contributed by atoms with Crippen LogP contribution in [0.1, 0.15) is 52.6 Å². The van der Waals surface area contributed by atoms with Crippen LogP contribution < -0.4 is 21.5 Å². The highest BCUT2D eigenvalue weighted by Gasteiger charge is 2.35. The zero-order chi connectivity index (χ0) is 42.1. The van der Waals surface area contributed by atoms with Crippen LogP contribution in [-0.2, 0) is 29.8 Å². The van der Waals surface area contributed by atoms with E-state index in [0.717, 1.165) is 36.4 Å². The summed E-state index contributed by atoms with van der Waals surface area (Å²) in [6.45, 7) is 0. The van der Waals surface area contributed by atoms with Gasteiger partial charge in [-0.3, -0.25) is 39.1 Å². The lowest BCUT2D eigenvalue weighted by molar-refractivity contribution is -0.132. The van der Waals surface area contributed by atoms with Gasteiger partial charge >= 0.3 is 23.8 Å². The number of amides is 2. The van der Waals surface area contributed by atoms with Crippen LogP contribution in [0.25, 0.3) is 12.2 Å². The molecule has 0 aliphatic heterocycles. The standard InChI is InChI=1S/C36H24N6O14S2/c43-31-25-9-7-21(13-19(25)15-27(57(51,52)53)29(31)41-39-23-5-1-3-17(11-23)35(47)48)37-33(45)34(46)38-22-8-10-26-20(14-22)16-28(58(54,55)56)30(32(26)44)42-40-24-6-2-4-18(12-24)36(49)50/h1-16,39-40H,(H,37,45)(H,38,46)(H,47,48)(H,49,50)(H,51,52,53)(H,54,55,56)/b41-29-,42-30-. The summed E-state index contributed by atoms with van der Waals surface area (Å²) in [6.07, 6.45) is 1.78. The van der Waals surface area contributed by atoms with E-state index in [-0.39, 0.29) is 56.1 Å². The number of anilines is 4. The molecule has 22 heteroatoms. The van der Waals surface area contributed by atoms with Crippen molar-refractivity contribution < 1.29 is 64.9 Å². The fourth-order valence-corrected chi connectivity index (χ4v) is 6.81. The van der Waals surface area contributed by atoms with Crippen molar-refractivity contribution in [2.45, 2.75) is 0 Å². The summed E-state index contributed by atoms with van der Waals surface area (Å²) in [5.74, 6) is -7.01. The van der Waals surface area contributed by atoms with Gasteiger partial charge < -0.3 is 20.8 Å². The van der Waals surface area contributed by atoms with Crippen molar-refractivity contribution in [1.29, 1.82) is 0 Å². The van der Waals surface area contributed by atoms with E-state index >= 15 is 0 Å². The number of allylic oxidation sites excluding steroid dienone is 2. The Kier molecular flexibility index (Phi) is 10.7. The Bertz CT molecular complexity index is 2690. The molecule has 294 valence electrons. The average molecular weight is 829 g/mol. The Morgan fingerprint density at radius 1 is 0.517 bits per heavy atom. The van der Waals surface area contributed by atoms with Crippen LogP contribution in [-0.4, -0.2) is 82.9 Å². The SMILES string of the molecule is O=C(Nc1ccc2c(c1)C=C(S(=O)(=O)O)/C(=N/Nc1cccc(C(=O)O)c1)C2=O)C(=O)Nc1ccc2c(c1)C=C(S(=O)(=O)O)/C(=N/Nc1cccc(C(=O)O)c1)C2=O. The number of hydrazone groups is 2. The molecule has 0 bridgehead atoms. The molecule has 2 aliphatic carbocycles. The molecule has 0 saturated carbocycles. The Morgan fingerprint density at radius 2 is 0.897 bits per heavy atom. The van der Waals surface area contributed by atoms with Crippen LogP contribution in [0.2, 0.25) is 0 Å². The highest BCUT2D eigenvalue weighted by Crippen LogP contribution is 2.30. The van der Waals surface area contributed by atoms with E-state index in [1.54, 1.807) is 0 Å². The number of hydrogen-bond donors (Lipinski definition) is 8. The van der Waals surface area contributed by atoms with Crippen molar-refractivity contribution in [1.82, 2.24) is 0 Å². The number of ketones is 2. The van der Waals surface area contributed by atoms with Gasteiger partial charge in [0.25, 0.3) is 20.2 Å². The van der Waals surface area contributed by atoms with Crippen LogP contribution in [0.5, 0.6) is 0 Å². The van der Waals surface area contributed by atoms with Crippen LogP contribution in [0, 0.1) is 0 Å². The van der Waals surface area contributed by atoms with E-state index < -0.39 is 76.8 Å². The van der Waals surface area contributed by atoms with Gasteiger partial charge in [-0.25, -0.2) is 9.59 Å². The first-order valence-corrected chi connectivity index (χ1v) is 18.9. The lowest BCUT2D eigenvalue weighted by Crippen LogP contribution is -2.30. The van der Waals surface area contributed by atoms with Crippen molar-refractivity contribution in [3.8, 4) is 0 Å². The number of carbonyl (C=O) groups excluding carboxylic acids is 4. The molecule has 4 aromatic carbocycles. The molecule has 2 amide bonds. The van der Waals surface area contributed by atoms with Crippen molar-refractivity contribution in [2.75, 3.05) is 21.5 Å². The zero-order valence-electron chi connectivity index (χ0n) is 28.8. The molecule has 8 N–H and O–H groups in total. The van der Waals surface area contributed by atoms with Gasteiger partial charge in [-0.05, 0) is 96.1 Å².